The molecule has 0 radical (unpaired) electrons. The van der Waals surface area contributed by atoms with Crippen molar-refractivity contribution in [2.75, 3.05) is 6.54 Å². The fraction of sp³-hybridized carbons (Fsp3) is 0.733. The third-order valence-electron chi connectivity index (χ3n) is 3.39. The Kier molecular flexibility index (Phi) is 6.11. The molecule has 1 aromatic heterocycles. The number of hydrogen-bond donors (Lipinski definition) is 1. The molecule has 0 spiro atoms. The van der Waals surface area contributed by atoms with E-state index in [1.54, 1.807) is 0 Å². The molecular formula is C15H25N3S. The first-order valence-electron chi connectivity index (χ1n) is 7.36. The van der Waals surface area contributed by atoms with Gasteiger partial charge < -0.3 is 5.32 Å². The number of rotatable bonds is 7. The molecule has 1 heterocycles. The van der Waals surface area contributed by atoms with Crippen LogP contribution >= 0.6 is 11.8 Å². The summed E-state index contributed by atoms with van der Waals surface area (Å²) in [4.78, 5) is 8.93. The maximum absolute atomic E-state index is 4.47. The number of hydrogen-bond acceptors (Lipinski definition) is 4. The molecule has 0 saturated heterocycles. The van der Waals surface area contributed by atoms with Crippen LogP contribution in [0.15, 0.2) is 12.4 Å². The van der Waals surface area contributed by atoms with Gasteiger partial charge in [-0.15, -0.1) is 0 Å². The Morgan fingerprint density at radius 3 is 2.58 bits per heavy atom. The minimum absolute atomic E-state index is 0.683. The highest BCUT2D eigenvalue weighted by atomic mass is 32.2. The Morgan fingerprint density at radius 1 is 1.26 bits per heavy atom. The second-order valence-corrected chi connectivity index (χ2v) is 7.04. The highest BCUT2D eigenvalue weighted by Gasteiger charge is 2.15. The molecule has 1 aromatic rings. The molecule has 1 N–H and O–H groups in total. The van der Waals surface area contributed by atoms with Crippen LogP contribution in [-0.4, -0.2) is 21.8 Å². The van der Waals surface area contributed by atoms with E-state index in [9.17, 15) is 0 Å². The van der Waals surface area contributed by atoms with Gasteiger partial charge in [-0.1, -0.05) is 26.7 Å². The van der Waals surface area contributed by atoms with E-state index >= 15 is 0 Å². The second kappa shape index (κ2) is 7.85. The molecule has 0 amide bonds. The van der Waals surface area contributed by atoms with Gasteiger partial charge in [-0.2, -0.15) is 11.8 Å². The van der Waals surface area contributed by atoms with Crippen LogP contribution in [0.3, 0.4) is 0 Å². The predicted molar refractivity (Wildman–Crippen MR) is 82.1 cm³/mol. The lowest BCUT2D eigenvalue weighted by molar-refractivity contribution is 0.551. The van der Waals surface area contributed by atoms with Crippen LogP contribution in [0.25, 0.3) is 0 Å². The number of thioether (sulfide) groups is 1. The molecule has 19 heavy (non-hydrogen) atoms. The van der Waals surface area contributed by atoms with Gasteiger partial charge in [0, 0.05) is 29.8 Å². The third-order valence-corrected chi connectivity index (χ3v) is 4.76. The average Bonchev–Trinajstić information content (AvgIpc) is 2.90. The van der Waals surface area contributed by atoms with E-state index in [0.717, 1.165) is 29.9 Å². The molecule has 0 bridgehead atoms. The van der Waals surface area contributed by atoms with Crippen molar-refractivity contribution in [1.82, 2.24) is 15.3 Å². The zero-order chi connectivity index (χ0) is 13.5. The minimum Gasteiger partial charge on any atom is -0.312 e. The fourth-order valence-electron chi connectivity index (χ4n) is 2.30. The van der Waals surface area contributed by atoms with Crippen molar-refractivity contribution in [3.8, 4) is 0 Å². The van der Waals surface area contributed by atoms with E-state index in [-0.39, 0.29) is 0 Å². The number of nitrogens with zero attached hydrogens (tertiary/aromatic N) is 2. The summed E-state index contributed by atoms with van der Waals surface area (Å²) in [5.41, 5.74) is 1.18. The van der Waals surface area contributed by atoms with Crippen LogP contribution in [0.2, 0.25) is 0 Å². The molecule has 2 rings (SSSR count). The van der Waals surface area contributed by atoms with Gasteiger partial charge in [0.2, 0.25) is 0 Å². The molecule has 0 aliphatic heterocycles. The fourth-order valence-corrected chi connectivity index (χ4v) is 3.50. The zero-order valence-corrected chi connectivity index (χ0v) is 12.9. The highest BCUT2D eigenvalue weighted by molar-refractivity contribution is 7.99. The van der Waals surface area contributed by atoms with E-state index in [1.807, 2.05) is 24.2 Å². The summed E-state index contributed by atoms with van der Waals surface area (Å²) in [6.07, 6.45) is 9.48. The van der Waals surface area contributed by atoms with E-state index in [1.165, 1.54) is 31.2 Å². The lowest BCUT2D eigenvalue weighted by atomic mass is 10.2. The van der Waals surface area contributed by atoms with Crippen LogP contribution in [0.5, 0.6) is 0 Å². The summed E-state index contributed by atoms with van der Waals surface area (Å²) in [6, 6.07) is 0. The summed E-state index contributed by atoms with van der Waals surface area (Å²) in [5, 5.41) is 4.26. The highest BCUT2D eigenvalue weighted by Crippen LogP contribution is 2.30. The quantitative estimate of drug-likeness (QED) is 0.830. The van der Waals surface area contributed by atoms with E-state index in [4.69, 9.17) is 0 Å². The minimum atomic E-state index is 0.683. The smallest absolute Gasteiger partial charge is 0.138 e. The van der Waals surface area contributed by atoms with Crippen molar-refractivity contribution in [2.24, 2.45) is 5.92 Å². The topological polar surface area (TPSA) is 37.8 Å². The number of nitrogens with one attached hydrogen (secondary N) is 1. The van der Waals surface area contributed by atoms with Crippen molar-refractivity contribution < 1.29 is 0 Å². The van der Waals surface area contributed by atoms with Gasteiger partial charge in [0.1, 0.15) is 5.82 Å². The molecule has 1 saturated carbocycles. The van der Waals surface area contributed by atoms with Crippen LogP contribution in [0.4, 0.5) is 0 Å². The molecule has 4 heteroatoms. The summed E-state index contributed by atoms with van der Waals surface area (Å²) < 4.78 is 0. The van der Waals surface area contributed by atoms with Crippen LogP contribution in [-0.2, 0) is 12.3 Å². The van der Waals surface area contributed by atoms with Gasteiger partial charge in [0.15, 0.2) is 0 Å². The Labute approximate surface area is 121 Å². The Balaban J connectivity index is 1.71. The van der Waals surface area contributed by atoms with Crippen molar-refractivity contribution in [3.63, 3.8) is 0 Å². The molecule has 0 unspecified atom stereocenters. The maximum Gasteiger partial charge on any atom is 0.138 e. The van der Waals surface area contributed by atoms with Gasteiger partial charge in [0.05, 0.1) is 5.75 Å². The van der Waals surface area contributed by atoms with Gasteiger partial charge in [-0.3, -0.25) is 0 Å². The van der Waals surface area contributed by atoms with Crippen molar-refractivity contribution in [3.05, 3.63) is 23.8 Å². The van der Waals surface area contributed by atoms with Crippen LogP contribution in [0.1, 0.15) is 50.9 Å². The Morgan fingerprint density at radius 2 is 1.95 bits per heavy atom. The maximum atomic E-state index is 4.47. The molecular weight excluding hydrogens is 254 g/mol. The van der Waals surface area contributed by atoms with Crippen molar-refractivity contribution in [1.29, 1.82) is 0 Å². The van der Waals surface area contributed by atoms with Gasteiger partial charge in [-0.05, 0) is 25.3 Å². The zero-order valence-electron chi connectivity index (χ0n) is 12.1. The largest absolute Gasteiger partial charge is 0.312 e. The van der Waals surface area contributed by atoms with Crippen molar-refractivity contribution in [2.45, 2.75) is 57.1 Å². The molecule has 1 aliphatic carbocycles. The number of aromatic nitrogens is 2. The Bertz CT molecular complexity index is 358. The average molecular weight is 279 g/mol. The van der Waals surface area contributed by atoms with Crippen LogP contribution in [0, 0.1) is 5.92 Å². The summed E-state index contributed by atoms with van der Waals surface area (Å²) in [7, 11) is 0. The molecule has 0 atom stereocenters. The first-order chi connectivity index (χ1) is 9.24. The van der Waals surface area contributed by atoms with Crippen molar-refractivity contribution >= 4 is 11.8 Å². The second-order valence-electron chi connectivity index (χ2n) is 5.75. The standard InChI is InChI=1S/C15H25N3S/c1-12(2)7-16-8-13-9-17-15(18-10-13)11-19-14-5-3-4-6-14/h9-10,12,14,16H,3-8,11H2,1-2H3. The summed E-state index contributed by atoms with van der Waals surface area (Å²) in [6.45, 7) is 6.34. The summed E-state index contributed by atoms with van der Waals surface area (Å²) >= 11 is 2.02. The van der Waals surface area contributed by atoms with E-state index in [2.05, 4.69) is 29.1 Å². The van der Waals surface area contributed by atoms with E-state index < -0.39 is 0 Å². The van der Waals surface area contributed by atoms with Gasteiger partial charge in [0.25, 0.3) is 0 Å². The lowest BCUT2D eigenvalue weighted by Gasteiger charge is -2.09. The molecule has 3 nitrogen and oxygen atoms in total. The molecule has 1 aliphatic rings. The first-order valence-corrected chi connectivity index (χ1v) is 8.41. The third kappa shape index (κ3) is 5.49. The molecule has 0 aromatic carbocycles. The first kappa shape index (κ1) is 14.8. The lowest BCUT2D eigenvalue weighted by Crippen LogP contribution is -2.19. The summed E-state index contributed by atoms with van der Waals surface area (Å²) in [5.74, 6) is 2.62. The van der Waals surface area contributed by atoms with E-state index in [0.29, 0.717) is 5.92 Å². The van der Waals surface area contributed by atoms with Crippen LogP contribution < -0.4 is 5.32 Å². The van der Waals surface area contributed by atoms with Gasteiger partial charge >= 0.3 is 0 Å². The SMILES string of the molecule is CC(C)CNCc1cnc(CSC2CCCC2)nc1. The monoisotopic (exact) mass is 279 g/mol. The van der Waals surface area contributed by atoms with Gasteiger partial charge in [-0.25, -0.2) is 9.97 Å². The Hall–Kier alpha value is -0.610. The normalized spacial score (nSPS) is 16.4. The predicted octanol–water partition coefficient (Wildman–Crippen LogP) is 3.40. The molecule has 1 fully saturated rings. The molecule has 106 valence electrons.